The minimum Gasteiger partial charge on any atom is -0.348 e. The summed E-state index contributed by atoms with van der Waals surface area (Å²) in [4.78, 5) is 33.1. The van der Waals surface area contributed by atoms with Crippen molar-refractivity contribution in [2.45, 2.75) is 35.1 Å². The van der Waals surface area contributed by atoms with Crippen LogP contribution in [0.1, 0.15) is 36.2 Å². The zero-order valence-corrected chi connectivity index (χ0v) is 24.3. The van der Waals surface area contributed by atoms with Crippen molar-refractivity contribution >= 4 is 47.7 Å². The smallest absolute Gasteiger partial charge is 0.244 e. The molecular formula is C30H33ClN4O2S2. The summed E-state index contributed by atoms with van der Waals surface area (Å²) < 4.78 is -1.42. The highest BCUT2D eigenvalue weighted by Gasteiger charge is 2.38. The lowest BCUT2D eigenvalue weighted by atomic mass is 9.84. The largest absolute Gasteiger partial charge is 0.348 e. The minimum absolute atomic E-state index is 0. The van der Waals surface area contributed by atoms with Crippen molar-refractivity contribution in [3.05, 3.63) is 126 Å². The van der Waals surface area contributed by atoms with Gasteiger partial charge >= 0.3 is 0 Å². The van der Waals surface area contributed by atoms with E-state index in [-0.39, 0.29) is 18.3 Å². The number of nitrogens with one attached hydrogen (secondary N) is 2. The van der Waals surface area contributed by atoms with E-state index in [0.717, 1.165) is 22.4 Å². The molecule has 4 rings (SSSR count). The Balaban J connectivity index is 0.00000420. The van der Waals surface area contributed by atoms with E-state index >= 15 is 0 Å². The van der Waals surface area contributed by atoms with Crippen molar-refractivity contribution < 1.29 is 9.59 Å². The van der Waals surface area contributed by atoms with Gasteiger partial charge in [0.05, 0.1) is 21.9 Å². The van der Waals surface area contributed by atoms with Gasteiger partial charge in [0.15, 0.2) is 0 Å². The predicted molar refractivity (Wildman–Crippen MR) is 164 cm³/mol. The van der Waals surface area contributed by atoms with Crippen molar-refractivity contribution in [2.24, 2.45) is 5.73 Å². The fourth-order valence-corrected chi connectivity index (χ4v) is 6.45. The number of aromatic amines is 1. The molecule has 4 N–H and O–H groups in total. The molecule has 0 bridgehead atoms. The number of carbonyl (C=O) groups is 2. The Morgan fingerprint density at radius 2 is 1.36 bits per heavy atom. The van der Waals surface area contributed by atoms with Crippen LogP contribution in [-0.4, -0.2) is 38.3 Å². The number of hydrogen-bond donors (Lipinski definition) is 3. The molecule has 0 unspecified atom stereocenters. The molecular weight excluding hydrogens is 548 g/mol. The molecule has 2 amide bonds. The Bertz CT molecular complexity index is 1220. The van der Waals surface area contributed by atoms with E-state index in [1.54, 1.807) is 38.1 Å². The van der Waals surface area contributed by atoms with Crippen LogP contribution in [0.15, 0.2) is 104 Å². The lowest BCUT2D eigenvalue weighted by Crippen LogP contribution is -2.50. The van der Waals surface area contributed by atoms with Gasteiger partial charge in [0, 0.05) is 23.4 Å². The standard InChI is InChI=1S/C30H32N4O2S2.ClH/c1-29(2,37-19-25-18-32-21-33-25)28(36)34-27(35)26(31)20-38-30(22-12-6-3-7-13-22,23-14-8-4-9-15-23)24-16-10-5-11-17-24;/h3-18,21,26H,19-20,31H2,1-2H3,(H,32,33)(H,34,35,36);1H/t26-;/m0./s1. The third-order valence-electron chi connectivity index (χ3n) is 6.28. The number of carbonyl (C=O) groups excluding carboxylic acids is 2. The summed E-state index contributed by atoms with van der Waals surface area (Å²) in [6.45, 7) is 3.59. The maximum Gasteiger partial charge on any atom is 0.244 e. The number of imide groups is 1. The number of H-pyrrole nitrogens is 1. The molecule has 0 aliphatic carbocycles. The molecule has 0 aliphatic rings. The van der Waals surface area contributed by atoms with Gasteiger partial charge in [0.25, 0.3) is 0 Å². The maximum absolute atomic E-state index is 13.1. The Kier molecular flexibility index (Phi) is 10.8. The molecule has 0 radical (unpaired) electrons. The molecule has 1 heterocycles. The average molecular weight is 581 g/mol. The molecule has 0 saturated heterocycles. The normalized spacial score (nSPS) is 12.3. The first-order chi connectivity index (χ1) is 18.3. The molecule has 1 aromatic heterocycles. The Labute approximate surface area is 244 Å². The highest BCUT2D eigenvalue weighted by molar-refractivity contribution is 8.00. The van der Waals surface area contributed by atoms with E-state index in [1.807, 2.05) is 54.6 Å². The molecule has 4 aromatic rings. The van der Waals surface area contributed by atoms with Crippen LogP contribution >= 0.6 is 35.9 Å². The summed E-state index contributed by atoms with van der Waals surface area (Å²) in [5.74, 6) is 0.0257. The first-order valence-electron chi connectivity index (χ1n) is 12.4. The summed E-state index contributed by atoms with van der Waals surface area (Å²) in [6.07, 6.45) is 3.32. The summed E-state index contributed by atoms with van der Waals surface area (Å²) in [5, 5.41) is 2.54. The van der Waals surface area contributed by atoms with Crippen LogP contribution in [0.25, 0.3) is 0 Å². The van der Waals surface area contributed by atoms with Gasteiger partial charge in [-0.1, -0.05) is 91.0 Å². The molecule has 1 atom stereocenters. The Morgan fingerprint density at radius 3 is 1.79 bits per heavy atom. The highest BCUT2D eigenvalue weighted by Crippen LogP contribution is 2.48. The van der Waals surface area contributed by atoms with Crippen molar-refractivity contribution in [3.63, 3.8) is 0 Å². The predicted octanol–water partition coefficient (Wildman–Crippen LogP) is 5.54. The third kappa shape index (κ3) is 7.33. The fraction of sp³-hybridized carbons (Fsp3) is 0.233. The quantitative estimate of drug-likeness (QED) is 0.201. The number of halogens is 1. The number of amides is 2. The van der Waals surface area contributed by atoms with Crippen LogP contribution in [0, 0.1) is 0 Å². The molecule has 6 nitrogen and oxygen atoms in total. The molecule has 0 fully saturated rings. The van der Waals surface area contributed by atoms with E-state index in [9.17, 15) is 9.59 Å². The fourth-order valence-electron chi connectivity index (χ4n) is 4.10. The van der Waals surface area contributed by atoms with Gasteiger partial charge < -0.3 is 10.7 Å². The zero-order valence-electron chi connectivity index (χ0n) is 21.9. The second kappa shape index (κ2) is 13.8. The van der Waals surface area contributed by atoms with Gasteiger partial charge in [-0.3, -0.25) is 14.9 Å². The number of hydrogen-bond acceptors (Lipinski definition) is 6. The molecule has 204 valence electrons. The van der Waals surface area contributed by atoms with E-state index in [2.05, 4.69) is 51.7 Å². The number of nitrogens with two attached hydrogens (primary N) is 1. The molecule has 9 heteroatoms. The zero-order chi connectivity index (χ0) is 27.0. The molecule has 3 aromatic carbocycles. The monoisotopic (exact) mass is 580 g/mol. The Hall–Kier alpha value is -3.04. The number of thioether (sulfide) groups is 2. The van der Waals surface area contributed by atoms with Crippen molar-refractivity contribution in [1.29, 1.82) is 0 Å². The van der Waals surface area contributed by atoms with Crippen LogP contribution in [-0.2, 0) is 20.1 Å². The third-order valence-corrected chi connectivity index (χ3v) is 9.31. The lowest BCUT2D eigenvalue weighted by molar-refractivity contribution is -0.131. The number of imidazole rings is 1. The van der Waals surface area contributed by atoms with Crippen LogP contribution in [0.4, 0.5) is 0 Å². The van der Waals surface area contributed by atoms with Gasteiger partial charge in [-0.2, -0.15) is 0 Å². The molecule has 39 heavy (non-hydrogen) atoms. The van der Waals surface area contributed by atoms with Crippen LogP contribution in [0.2, 0.25) is 0 Å². The van der Waals surface area contributed by atoms with E-state index in [1.165, 1.54) is 11.8 Å². The van der Waals surface area contributed by atoms with Gasteiger partial charge in [0.1, 0.15) is 0 Å². The van der Waals surface area contributed by atoms with Gasteiger partial charge in [-0.25, -0.2) is 4.98 Å². The average Bonchev–Trinajstić information content (AvgIpc) is 3.48. The van der Waals surface area contributed by atoms with Crippen LogP contribution in [0.5, 0.6) is 0 Å². The van der Waals surface area contributed by atoms with E-state index in [0.29, 0.717) is 11.5 Å². The van der Waals surface area contributed by atoms with Gasteiger partial charge in [-0.05, 0) is 30.5 Å². The molecule has 0 aliphatic heterocycles. The first-order valence-corrected chi connectivity index (χ1v) is 14.3. The van der Waals surface area contributed by atoms with E-state index in [4.69, 9.17) is 5.73 Å². The number of aromatic nitrogens is 2. The molecule has 0 spiro atoms. The maximum atomic E-state index is 13.1. The summed E-state index contributed by atoms with van der Waals surface area (Å²) in [5.41, 5.74) is 10.6. The first kappa shape index (κ1) is 30.5. The Morgan fingerprint density at radius 1 is 0.872 bits per heavy atom. The van der Waals surface area contributed by atoms with Gasteiger partial charge in [-0.15, -0.1) is 35.9 Å². The second-order valence-corrected chi connectivity index (χ2v) is 12.2. The SMILES string of the molecule is CC(C)(SCc1cnc[nH]1)C(=O)NC(=O)[C@@H](N)CSC(c1ccccc1)(c1ccccc1)c1ccccc1.Cl. The topological polar surface area (TPSA) is 101 Å². The minimum atomic E-state index is -0.882. The summed E-state index contributed by atoms with van der Waals surface area (Å²) in [7, 11) is 0. The second-order valence-electron chi connectivity index (χ2n) is 9.39. The van der Waals surface area contributed by atoms with Crippen molar-refractivity contribution in [3.8, 4) is 0 Å². The van der Waals surface area contributed by atoms with Crippen LogP contribution < -0.4 is 11.1 Å². The highest BCUT2D eigenvalue weighted by atomic mass is 35.5. The van der Waals surface area contributed by atoms with Crippen LogP contribution in [0.3, 0.4) is 0 Å². The molecule has 0 saturated carbocycles. The summed E-state index contributed by atoms with van der Waals surface area (Å²) in [6, 6.07) is 29.8. The number of benzene rings is 3. The van der Waals surface area contributed by atoms with E-state index < -0.39 is 21.4 Å². The van der Waals surface area contributed by atoms with Crippen molar-refractivity contribution in [2.75, 3.05) is 5.75 Å². The van der Waals surface area contributed by atoms with Crippen molar-refractivity contribution in [1.82, 2.24) is 15.3 Å². The summed E-state index contributed by atoms with van der Waals surface area (Å²) >= 11 is 3.02. The number of rotatable bonds is 11. The number of nitrogens with zero attached hydrogens (tertiary/aromatic N) is 1. The lowest BCUT2D eigenvalue weighted by Gasteiger charge is -2.36. The van der Waals surface area contributed by atoms with Gasteiger partial charge in [0.2, 0.25) is 11.8 Å².